The molecule has 0 spiro atoms. The number of benzene rings is 1. The summed E-state index contributed by atoms with van der Waals surface area (Å²) in [6, 6.07) is 9.87. The quantitative estimate of drug-likeness (QED) is 0.560. The normalized spacial score (nSPS) is 18.2. The van der Waals surface area contributed by atoms with Crippen LogP contribution in [-0.4, -0.2) is 57.1 Å². The molecule has 8 heteroatoms. The van der Waals surface area contributed by atoms with Crippen molar-refractivity contribution in [2.24, 2.45) is 9.98 Å². The minimum atomic E-state index is 0.412. The Balaban J connectivity index is 1.64. The summed E-state index contributed by atoms with van der Waals surface area (Å²) < 4.78 is 22.8. The number of aliphatic imine (C=N–C) groups is 2. The van der Waals surface area contributed by atoms with E-state index in [0.717, 1.165) is 47.3 Å². The van der Waals surface area contributed by atoms with Crippen molar-refractivity contribution in [1.82, 2.24) is 4.90 Å². The second-order valence-corrected chi connectivity index (χ2v) is 7.84. The van der Waals surface area contributed by atoms with E-state index in [9.17, 15) is 0 Å². The molecule has 174 valence electrons. The van der Waals surface area contributed by atoms with E-state index in [-0.39, 0.29) is 0 Å². The summed E-state index contributed by atoms with van der Waals surface area (Å²) in [5.41, 5.74) is 2.76. The van der Waals surface area contributed by atoms with E-state index in [1.165, 1.54) is 0 Å². The number of rotatable bonds is 4. The average molecular weight is 451 g/mol. The van der Waals surface area contributed by atoms with Crippen LogP contribution < -0.4 is 10.1 Å². The Morgan fingerprint density at radius 3 is 2.97 bits per heavy atom. The maximum atomic E-state index is 5.96. The molecule has 8 nitrogen and oxygen atoms in total. The number of hydrogen-bond acceptors (Lipinski definition) is 8. The van der Waals surface area contributed by atoms with Gasteiger partial charge in [-0.2, -0.15) is 0 Å². The van der Waals surface area contributed by atoms with E-state index in [2.05, 4.69) is 34.4 Å². The van der Waals surface area contributed by atoms with E-state index in [0.29, 0.717) is 38.8 Å². The Morgan fingerprint density at radius 2 is 2.06 bits per heavy atom. The van der Waals surface area contributed by atoms with Crippen LogP contribution in [0.2, 0.25) is 0 Å². The van der Waals surface area contributed by atoms with Gasteiger partial charge in [0, 0.05) is 44.1 Å². The maximum absolute atomic E-state index is 5.96. The van der Waals surface area contributed by atoms with Crippen molar-refractivity contribution in [2.45, 2.75) is 19.6 Å². The Hall–Kier alpha value is -3.20. The zero-order chi connectivity index (χ0) is 22.9. The minimum absolute atomic E-state index is 0.412. The molecule has 0 atom stereocenters. The van der Waals surface area contributed by atoms with Gasteiger partial charge in [-0.1, -0.05) is 18.2 Å². The number of nitrogens with zero attached hydrogens (tertiary/aromatic N) is 3. The molecule has 4 rings (SSSR count). The van der Waals surface area contributed by atoms with Crippen molar-refractivity contribution < 1.29 is 18.6 Å². The van der Waals surface area contributed by atoms with Gasteiger partial charge in [0.25, 0.3) is 0 Å². The summed E-state index contributed by atoms with van der Waals surface area (Å²) in [6.45, 7) is 3.47. The molecule has 1 aromatic carbocycles. The van der Waals surface area contributed by atoms with Gasteiger partial charge < -0.3 is 23.9 Å². The first kappa shape index (κ1) is 23.0. The number of methoxy groups -OCH3 is 1. The highest BCUT2D eigenvalue weighted by Gasteiger charge is 2.14. The zero-order valence-corrected chi connectivity index (χ0v) is 19.1. The Morgan fingerprint density at radius 1 is 1.12 bits per heavy atom. The van der Waals surface area contributed by atoms with Gasteiger partial charge in [0.05, 0.1) is 18.9 Å². The highest BCUT2D eigenvalue weighted by atomic mass is 16.5. The number of fused-ring (bicyclic) bond motifs is 6. The molecule has 2 aliphatic heterocycles. The molecule has 1 aromatic heterocycles. The molecule has 33 heavy (non-hydrogen) atoms. The van der Waals surface area contributed by atoms with Crippen LogP contribution in [0.15, 0.2) is 69.2 Å². The molecule has 2 aromatic rings. The second-order valence-electron chi connectivity index (χ2n) is 7.84. The number of allylic oxidation sites excluding steroid dienone is 1. The van der Waals surface area contributed by atoms with Crippen LogP contribution in [0, 0.1) is 0 Å². The molecular formula is C25H30N4O4. The number of likely N-dealkylation sites (N-methyl/N-ethyl adjacent to an activating group) is 1. The molecule has 0 radical (unpaired) electrons. The second kappa shape index (κ2) is 11.6. The highest BCUT2D eigenvalue weighted by Crippen LogP contribution is 2.25. The van der Waals surface area contributed by atoms with E-state index >= 15 is 0 Å². The van der Waals surface area contributed by atoms with Gasteiger partial charge in [-0.3, -0.25) is 4.90 Å². The number of ether oxygens (including phenoxy) is 3. The van der Waals surface area contributed by atoms with E-state index in [1.54, 1.807) is 13.3 Å². The average Bonchev–Trinajstić information content (AvgIpc) is 3.15. The fourth-order valence-corrected chi connectivity index (χ4v) is 3.51. The smallest absolute Gasteiger partial charge is 0.227 e. The van der Waals surface area contributed by atoms with Gasteiger partial charge in [-0.05, 0) is 37.4 Å². The lowest BCUT2D eigenvalue weighted by Crippen LogP contribution is -2.19. The minimum Gasteiger partial charge on any atom is -0.491 e. The highest BCUT2D eigenvalue weighted by molar-refractivity contribution is 6.10. The van der Waals surface area contributed by atoms with Crippen molar-refractivity contribution in [3.05, 3.63) is 71.8 Å². The first-order valence-corrected chi connectivity index (χ1v) is 11.0. The molecule has 0 unspecified atom stereocenters. The first-order valence-electron chi connectivity index (χ1n) is 11.0. The van der Waals surface area contributed by atoms with E-state index in [1.807, 2.05) is 36.4 Å². The van der Waals surface area contributed by atoms with Crippen molar-refractivity contribution in [2.75, 3.05) is 45.8 Å². The molecule has 6 bridgehead atoms. The molecule has 0 aliphatic carbocycles. The van der Waals surface area contributed by atoms with Crippen molar-refractivity contribution in [3.8, 4) is 5.75 Å². The molecule has 0 amide bonds. The SMILES string of the molecule is COCCOc1ccc2cc1CN(C)C/C=C/COCc1ccc(o1)C1=NC(=NC=CC1)N2. The topological polar surface area (TPSA) is 80.8 Å². The lowest BCUT2D eigenvalue weighted by atomic mass is 10.1. The van der Waals surface area contributed by atoms with Crippen LogP contribution in [0.25, 0.3) is 0 Å². The van der Waals surface area contributed by atoms with Gasteiger partial charge in [-0.25, -0.2) is 9.98 Å². The molecule has 0 saturated carbocycles. The van der Waals surface area contributed by atoms with Crippen molar-refractivity contribution in [1.29, 1.82) is 0 Å². The van der Waals surface area contributed by atoms with Crippen molar-refractivity contribution in [3.63, 3.8) is 0 Å². The molecule has 2 aliphatic rings. The molecule has 1 N–H and O–H groups in total. The molecule has 0 fully saturated rings. The van der Waals surface area contributed by atoms with Gasteiger partial charge in [0.1, 0.15) is 30.5 Å². The standard InChI is InChI=1S/C25H30N4O4/c1-29-12-3-4-13-31-18-21-8-10-24(33-21)22-6-5-11-26-25(28-22)27-20-7-9-23(19(16-20)17-29)32-15-14-30-2/h3-5,7-11,16H,6,12-15,17-18H2,1-2H3,(H,26,27)/b4-3+. The third-order valence-corrected chi connectivity index (χ3v) is 5.14. The summed E-state index contributed by atoms with van der Waals surface area (Å²) in [7, 11) is 3.74. The van der Waals surface area contributed by atoms with Crippen LogP contribution in [0.5, 0.6) is 5.75 Å². The Kier molecular flexibility index (Phi) is 8.08. The lowest BCUT2D eigenvalue weighted by molar-refractivity contribution is 0.131. The van der Waals surface area contributed by atoms with Crippen LogP contribution >= 0.6 is 0 Å². The van der Waals surface area contributed by atoms with E-state index < -0.39 is 0 Å². The maximum Gasteiger partial charge on any atom is 0.227 e. The van der Waals surface area contributed by atoms with Gasteiger partial charge in [0.15, 0.2) is 0 Å². The van der Waals surface area contributed by atoms with Crippen LogP contribution in [0.4, 0.5) is 5.69 Å². The van der Waals surface area contributed by atoms with Crippen LogP contribution in [-0.2, 0) is 22.6 Å². The summed E-state index contributed by atoms with van der Waals surface area (Å²) in [6.07, 6.45) is 8.49. The Bertz CT molecular complexity index is 1050. The third-order valence-electron chi connectivity index (χ3n) is 5.14. The Labute approximate surface area is 194 Å². The summed E-state index contributed by atoms with van der Waals surface area (Å²) in [5.74, 6) is 2.83. The third kappa shape index (κ3) is 6.64. The number of anilines is 1. The van der Waals surface area contributed by atoms with Crippen LogP contribution in [0.3, 0.4) is 0 Å². The monoisotopic (exact) mass is 450 g/mol. The number of guanidine groups is 1. The molecule has 3 heterocycles. The lowest BCUT2D eigenvalue weighted by Gasteiger charge is -2.19. The van der Waals surface area contributed by atoms with E-state index in [4.69, 9.17) is 23.6 Å². The predicted molar refractivity (Wildman–Crippen MR) is 129 cm³/mol. The van der Waals surface area contributed by atoms with Crippen molar-refractivity contribution >= 4 is 17.4 Å². The number of hydrogen-bond donors (Lipinski definition) is 1. The van der Waals surface area contributed by atoms with Gasteiger partial charge >= 0.3 is 0 Å². The van der Waals surface area contributed by atoms with Gasteiger partial charge in [0.2, 0.25) is 5.96 Å². The molecule has 0 saturated heterocycles. The first-order chi connectivity index (χ1) is 16.2. The van der Waals surface area contributed by atoms with Crippen LogP contribution in [0.1, 0.15) is 23.5 Å². The fourth-order valence-electron chi connectivity index (χ4n) is 3.51. The summed E-state index contributed by atoms with van der Waals surface area (Å²) in [4.78, 5) is 11.4. The number of nitrogens with one attached hydrogen (secondary N) is 1. The largest absolute Gasteiger partial charge is 0.491 e. The fraction of sp³-hybridized carbons (Fsp3) is 0.360. The zero-order valence-electron chi connectivity index (χ0n) is 19.1. The number of furan rings is 1. The molecular weight excluding hydrogens is 420 g/mol. The predicted octanol–water partition coefficient (Wildman–Crippen LogP) is 4.00. The summed E-state index contributed by atoms with van der Waals surface area (Å²) >= 11 is 0. The van der Waals surface area contributed by atoms with Gasteiger partial charge in [-0.15, -0.1) is 0 Å². The summed E-state index contributed by atoms with van der Waals surface area (Å²) in [5, 5.41) is 3.34.